The van der Waals surface area contributed by atoms with Crippen LogP contribution >= 0.6 is 23.7 Å². The van der Waals surface area contributed by atoms with E-state index in [4.69, 9.17) is 15.7 Å². The zero-order valence-corrected chi connectivity index (χ0v) is 21.0. The van der Waals surface area contributed by atoms with E-state index in [0.717, 1.165) is 36.7 Å². The molecule has 13 heteroatoms. The van der Waals surface area contributed by atoms with Crippen molar-refractivity contribution in [3.63, 3.8) is 0 Å². The van der Waals surface area contributed by atoms with Gasteiger partial charge in [0.15, 0.2) is 11.1 Å². The summed E-state index contributed by atoms with van der Waals surface area (Å²) in [6.07, 6.45) is -2.05. The third-order valence-electron chi connectivity index (χ3n) is 5.97. The number of guanidine groups is 1. The molecule has 0 aliphatic carbocycles. The molecule has 4 N–H and O–H groups in total. The first-order valence-electron chi connectivity index (χ1n) is 11.2. The molecule has 2 aromatic heterocycles. The van der Waals surface area contributed by atoms with E-state index >= 15 is 0 Å². The van der Waals surface area contributed by atoms with Crippen molar-refractivity contribution in [1.82, 2.24) is 20.0 Å². The predicted molar refractivity (Wildman–Crippen MR) is 138 cm³/mol. The van der Waals surface area contributed by atoms with Gasteiger partial charge in [0.2, 0.25) is 11.7 Å². The lowest BCUT2D eigenvalue weighted by Gasteiger charge is -2.23. The molecule has 0 saturated carbocycles. The monoisotopic (exact) mass is 549 g/mol. The first-order chi connectivity index (χ1) is 17.3. The molecule has 0 amide bonds. The van der Waals surface area contributed by atoms with Gasteiger partial charge in [-0.15, -0.1) is 23.7 Å². The summed E-state index contributed by atoms with van der Waals surface area (Å²) in [5.41, 5.74) is 6.71. The molecule has 8 nitrogen and oxygen atoms in total. The molecular weight excluding hydrogens is 527 g/mol. The average molecular weight is 550 g/mol. The molecule has 37 heavy (non-hydrogen) atoms. The molecule has 1 saturated heterocycles. The molecule has 3 heterocycles. The smallest absolute Gasteiger partial charge is 0.370 e. The van der Waals surface area contributed by atoms with E-state index in [1.165, 1.54) is 23.5 Å². The largest absolute Gasteiger partial charge is 0.417 e. The van der Waals surface area contributed by atoms with Crippen molar-refractivity contribution in [2.75, 3.05) is 11.9 Å². The van der Waals surface area contributed by atoms with Crippen LogP contribution in [0.5, 0.6) is 0 Å². The van der Waals surface area contributed by atoms with Crippen LogP contribution in [0.2, 0.25) is 0 Å². The Morgan fingerprint density at radius 2 is 1.92 bits per heavy atom. The molecule has 194 valence electrons. The molecule has 1 atom stereocenters. The minimum Gasteiger partial charge on any atom is -0.370 e. The van der Waals surface area contributed by atoms with Crippen molar-refractivity contribution in [3.8, 4) is 22.6 Å². The zero-order chi connectivity index (χ0) is 25.3. The van der Waals surface area contributed by atoms with Crippen LogP contribution in [-0.2, 0) is 12.6 Å². The minimum absolute atomic E-state index is 0. The van der Waals surface area contributed by atoms with Gasteiger partial charge in [0.1, 0.15) is 0 Å². The van der Waals surface area contributed by atoms with Crippen molar-refractivity contribution in [3.05, 3.63) is 65.4 Å². The van der Waals surface area contributed by atoms with Gasteiger partial charge < -0.3 is 20.5 Å². The van der Waals surface area contributed by atoms with E-state index in [0.29, 0.717) is 23.3 Å². The van der Waals surface area contributed by atoms with Gasteiger partial charge in [-0.3, -0.25) is 5.41 Å². The number of benzene rings is 2. The topological polar surface area (TPSA) is 117 Å². The van der Waals surface area contributed by atoms with Crippen molar-refractivity contribution in [1.29, 1.82) is 5.41 Å². The number of nitrogens with two attached hydrogens (primary N) is 1. The predicted octanol–water partition coefficient (Wildman–Crippen LogP) is 5.94. The Morgan fingerprint density at radius 3 is 2.65 bits per heavy atom. The van der Waals surface area contributed by atoms with Gasteiger partial charge in [0.25, 0.3) is 0 Å². The highest BCUT2D eigenvalue weighted by molar-refractivity contribution is 7.14. The molecule has 0 unspecified atom stereocenters. The lowest BCUT2D eigenvalue weighted by Crippen LogP contribution is -2.41. The van der Waals surface area contributed by atoms with Gasteiger partial charge >= 0.3 is 6.18 Å². The standard InChI is InChI=1S/C24H22F3N7OS.ClH/c25-24(26,27)18-6-2-1-5-17(18)19-13-36-23(31-19)30-15-9-7-14(8-10-15)21-32-20(35-33-21)12-16-4-3-11-34(16)22(28)29;/h1-2,5-10,13,16H,3-4,11-12H2,(H3,28,29)(H,30,31);1H/t16-;/m0./s1. The Kier molecular flexibility index (Phi) is 7.69. The Labute approximate surface area is 220 Å². The van der Waals surface area contributed by atoms with E-state index in [1.54, 1.807) is 11.4 Å². The summed E-state index contributed by atoms with van der Waals surface area (Å²) in [5.74, 6) is 0.987. The molecule has 0 radical (unpaired) electrons. The molecule has 2 aromatic carbocycles. The number of hydrogen-bond acceptors (Lipinski definition) is 7. The Hall–Kier alpha value is -3.64. The van der Waals surface area contributed by atoms with Gasteiger partial charge in [-0.25, -0.2) is 4.98 Å². The van der Waals surface area contributed by atoms with Crippen LogP contribution in [0.3, 0.4) is 0 Å². The maximum atomic E-state index is 13.3. The number of nitrogens with zero attached hydrogens (tertiary/aromatic N) is 4. The fourth-order valence-electron chi connectivity index (χ4n) is 4.26. The van der Waals surface area contributed by atoms with Gasteiger partial charge in [0, 0.05) is 41.2 Å². The van der Waals surface area contributed by atoms with Crippen molar-refractivity contribution in [2.24, 2.45) is 5.73 Å². The highest BCUT2D eigenvalue weighted by Crippen LogP contribution is 2.38. The van der Waals surface area contributed by atoms with Crippen LogP contribution in [0, 0.1) is 5.41 Å². The quantitative estimate of drug-likeness (QED) is 0.201. The minimum atomic E-state index is -4.46. The fourth-order valence-corrected chi connectivity index (χ4v) is 4.99. The average Bonchev–Trinajstić information content (AvgIpc) is 3.61. The summed E-state index contributed by atoms with van der Waals surface area (Å²) >= 11 is 1.22. The number of halogens is 4. The van der Waals surface area contributed by atoms with E-state index < -0.39 is 11.7 Å². The van der Waals surface area contributed by atoms with Gasteiger partial charge in [0.05, 0.1) is 11.3 Å². The Balaban J connectivity index is 0.00000320. The van der Waals surface area contributed by atoms with Gasteiger partial charge in [-0.1, -0.05) is 23.4 Å². The lowest BCUT2D eigenvalue weighted by molar-refractivity contribution is -0.137. The molecule has 0 spiro atoms. The Morgan fingerprint density at radius 1 is 1.16 bits per heavy atom. The molecule has 4 aromatic rings. The van der Waals surface area contributed by atoms with Crippen LogP contribution < -0.4 is 11.1 Å². The SMILES string of the molecule is Cl.N=C(N)N1CCC[C@H]1Cc1nc(-c2ccc(Nc3nc(-c4ccccc4C(F)(F)F)cs3)cc2)no1. The van der Waals surface area contributed by atoms with E-state index in [2.05, 4.69) is 20.4 Å². The second-order valence-electron chi connectivity index (χ2n) is 8.37. The summed E-state index contributed by atoms with van der Waals surface area (Å²) < 4.78 is 45.4. The first kappa shape index (κ1) is 26.4. The second kappa shape index (κ2) is 10.8. The lowest BCUT2D eigenvalue weighted by atomic mass is 10.1. The maximum Gasteiger partial charge on any atom is 0.417 e. The highest BCUT2D eigenvalue weighted by atomic mass is 35.5. The van der Waals surface area contributed by atoms with Crippen molar-refractivity contribution >= 4 is 40.5 Å². The van der Waals surface area contributed by atoms with E-state index in [-0.39, 0.29) is 35.7 Å². The number of aromatic nitrogens is 3. The number of nitrogens with one attached hydrogen (secondary N) is 2. The number of hydrogen-bond donors (Lipinski definition) is 3. The summed E-state index contributed by atoms with van der Waals surface area (Å²) in [6, 6.07) is 12.7. The summed E-state index contributed by atoms with van der Waals surface area (Å²) in [4.78, 5) is 10.7. The van der Waals surface area contributed by atoms with E-state index in [9.17, 15) is 13.2 Å². The van der Waals surface area contributed by atoms with Crippen LogP contribution in [-0.4, -0.2) is 38.6 Å². The third-order valence-corrected chi connectivity index (χ3v) is 6.73. The molecular formula is C24H23ClF3N7OS. The van der Waals surface area contributed by atoms with Crippen molar-refractivity contribution in [2.45, 2.75) is 31.5 Å². The van der Waals surface area contributed by atoms with Gasteiger partial charge in [-0.2, -0.15) is 18.2 Å². The molecule has 1 aliphatic rings. The third kappa shape index (κ3) is 5.86. The number of anilines is 2. The maximum absolute atomic E-state index is 13.3. The van der Waals surface area contributed by atoms with Crippen LogP contribution in [0.1, 0.15) is 24.3 Å². The van der Waals surface area contributed by atoms with Crippen LogP contribution in [0.25, 0.3) is 22.6 Å². The van der Waals surface area contributed by atoms with Crippen LogP contribution in [0.15, 0.2) is 58.4 Å². The summed E-state index contributed by atoms with van der Waals surface area (Å²) in [7, 11) is 0. The number of likely N-dealkylation sites (tertiary alicyclic amines) is 1. The zero-order valence-electron chi connectivity index (χ0n) is 19.3. The number of rotatable bonds is 6. The normalized spacial score (nSPS) is 15.4. The number of alkyl halides is 3. The fraction of sp³-hybridized carbons (Fsp3) is 0.250. The summed E-state index contributed by atoms with van der Waals surface area (Å²) in [6.45, 7) is 0.755. The first-order valence-corrected chi connectivity index (χ1v) is 12.1. The molecule has 0 bridgehead atoms. The van der Waals surface area contributed by atoms with Gasteiger partial charge in [-0.05, 0) is 43.2 Å². The molecule has 5 rings (SSSR count). The van der Waals surface area contributed by atoms with Crippen LogP contribution in [0.4, 0.5) is 24.0 Å². The van der Waals surface area contributed by atoms with E-state index in [1.807, 2.05) is 29.2 Å². The molecule has 1 aliphatic heterocycles. The highest BCUT2D eigenvalue weighted by Gasteiger charge is 2.34. The number of thiazole rings is 1. The summed E-state index contributed by atoms with van der Waals surface area (Å²) in [5, 5.41) is 17.0. The van der Waals surface area contributed by atoms with Crippen molar-refractivity contribution < 1.29 is 17.7 Å². The second-order valence-corrected chi connectivity index (χ2v) is 9.23. The Bertz CT molecular complexity index is 1370. The molecule has 1 fully saturated rings.